The van der Waals surface area contributed by atoms with Crippen LogP contribution in [-0.4, -0.2) is 0 Å². The highest BCUT2D eigenvalue weighted by molar-refractivity contribution is 6.18. The van der Waals surface area contributed by atoms with Crippen LogP contribution in [0.4, 0.5) is 68.2 Å². The SMILES string of the molecule is c1ccc(-c2c(-c3ccc(N(c4ccccc4)c4ccc(N(c5ccccc5)c5cccc6ccccc56)cc4)cc3)c(-c3ccc(N(c4ccccc4)c4ccc(N(c5ccccc5)c5cccc6ccccc56)cc4)cc3)c(-c3ccccc3)c3ccccc23)cc1. The Labute approximate surface area is 549 Å². The van der Waals surface area contributed by atoms with Gasteiger partial charge in [0.25, 0.3) is 0 Å². The molecule has 0 unspecified atom stereocenters. The first kappa shape index (κ1) is 56.7. The fourth-order valence-electron chi connectivity index (χ4n) is 13.7. The lowest BCUT2D eigenvalue weighted by molar-refractivity contribution is 1.26. The van der Waals surface area contributed by atoms with E-state index in [2.05, 4.69) is 408 Å². The van der Waals surface area contributed by atoms with E-state index in [9.17, 15) is 0 Å². The first-order valence-electron chi connectivity index (χ1n) is 32.2. The van der Waals surface area contributed by atoms with E-state index >= 15 is 0 Å². The van der Waals surface area contributed by atoms with Crippen LogP contribution in [0.1, 0.15) is 0 Å². The largest absolute Gasteiger partial charge is 0.311 e. The molecule has 0 aromatic heterocycles. The van der Waals surface area contributed by atoms with Crippen molar-refractivity contribution >= 4 is 101 Å². The van der Waals surface area contributed by atoms with Gasteiger partial charge in [-0.05, 0) is 200 Å². The van der Waals surface area contributed by atoms with E-state index in [1.807, 2.05) is 0 Å². The van der Waals surface area contributed by atoms with E-state index in [4.69, 9.17) is 0 Å². The predicted molar refractivity (Wildman–Crippen MR) is 399 cm³/mol. The van der Waals surface area contributed by atoms with Gasteiger partial charge in [-0.1, -0.05) is 255 Å². The standard InChI is InChI=1S/C90H64N4/c1-7-29-67(30-8-1)87-83-45-23-24-46-84(83)88(68-31-9-2-10-32-68)90(70-51-55-76(56-52-70)92(72-37-13-4-14-38-72)78-59-63-80(64-60-78)94(74-41-17-6-18-42-74)86-48-26-34-66-28-20-22-44-82(66)86)89(87)69-49-53-75(54-50-69)91(71-35-11-3-12-36-71)77-57-61-79(62-58-77)93(73-39-15-5-16-40-73)85-47-25-33-65-27-19-21-43-81(65)85/h1-64H. The molecule has 16 rings (SSSR count). The maximum Gasteiger partial charge on any atom is 0.0540 e. The van der Waals surface area contributed by atoms with Gasteiger partial charge in [0.1, 0.15) is 0 Å². The summed E-state index contributed by atoms with van der Waals surface area (Å²) in [6, 6.07) is 141. The second-order valence-corrected chi connectivity index (χ2v) is 23.6. The third kappa shape index (κ3) is 10.8. The third-order valence-corrected chi connectivity index (χ3v) is 18.0. The fraction of sp³-hybridized carbons (Fsp3) is 0. The molecule has 0 N–H and O–H groups in total. The zero-order chi connectivity index (χ0) is 62.6. The van der Waals surface area contributed by atoms with E-state index in [1.54, 1.807) is 0 Å². The number of hydrogen-bond donors (Lipinski definition) is 0. The molecule has 94 heavy (non-hydrogen) atoms. The van der Waals surface area contributed by atoms with Crippen LogP contribution in [-0.2, 0) is 0 Å². The van der Waals surface area contributed by atoms with E-state index in [0.717, 1.165) is 102 Å². The van der Waals surface area contributed by atoms with Crippen molar-refractivity contribution in [3.8, 4) is 44.5 Å². The van der Waals surface area contributed by atoms with Gasteiger partial charge in [0.2, 0.25) is 0 Å². The van der Waals surface area contributed by atoms with Crippen LogP contribution < -0.4 is 19.6 Å². The highest BCUT2D eigenvalue weighted by Gasteiger charge is 2.26. The van der Waals surface area contributed by atoms with Crippen LogP contribution in [0.5, 0.6) is 0 Å². The molecule has 0 aliphatic rings. The maximum atomic E-state index is 2.36. The molecule has 0 radical (unpaired) electrons. The second kappa shape index (κ2) is 25.4. The van der Waals surface area contributed by atoms with Gasteiger partial charge in [-0.2, -0.15) is 0 Å². The molecule has 4 heteroatoms. The van der Waals surface area contributed by atoms with Crippen LogP contribution in [0.15, 0.2) is 388 Å². The van der Waals surface area contributed by atoms with Crippen molar-refractivity contribution in [1.29, 1.82) is 0 Å². The van der Waals surface area contributed by atoms with Gasteiger partial charge in [-0.25, -0.2) is 0 Å². The van der Waals surface area contributed by atoms with Gasteiger partial charge < -0.3 is 19.6 Å². The first-order chi connectivity index (χ1) is 46.7. The number of benzene rings is 16. The van der Waals surface area contributed by atoms with Gasteiger partial charge in [0.05, 0.1) is 11.4 Å². The molecule has 0 aliphatic carbocycles. The Balaban J connectivity index is 0.831. The van der Waals surface area contributed by atoms with Crippen LogP contribution in [0, 0.1) is 0 Å². The average Bonchev–Trinajstić information content (AvgIpc) is 0.729. The monoisotopic (exact) mass is 1200 g/mol. The highest BCUT2D eigenvalue weighted by Crippen LogP contribution is 2.53. The highest BCUT2D eigenvalue weighted by atomic mass is 15.2. The van der Waals surface area contributed by atoms with E-state index in [1.165, 1.54) is 43.4 Å². The molecule has 0 spiro atoms. The lowest BCUT2D eigenvalue weighted by Crippen LogP contribution is -2.12. The minimum Gasteiger partial charge on any atom is -0.311 e. The zero-order valence-electron chi connectivity index (χ0n) is 51.7. The molecule has 0 atom stereocenters. The van der Waals surface area contributed by atoms with Crippen LogP contribution >= 0.6 is 0 Å². The van der Waals surface area contributed by atoms with Crippen molar-refractivity contribution in [3.05, 3.63) is 388 Å². The Morgan fingerprint density at radius 1 is 0.128 bits per heavy atom. The number of anilines is 12. The summed E-state index contributed by atoms with van der Waals surface area (Å²) in [6.45, 7) is 0. The first-order valence-corrected chi connectivity index (χ1v) is 32.2. The third-order valence-electron chi connectivity index (χ3n) is 18.0. The van der Waals surface area contributed by atoms with E-state index in [0.29, 0.717) is 0 Å². The summed E-state index contributed by atoms with van der Waals surface area (Å²) < 4.78 is 0. The Hall–Kier alpha value is -12.5. The number of nitrogens with zero attached hydrogens (tertiary/aromatic N) is 4. The van der Waals surface area contributed by atoms with Gasteiger partial charge in [0.15, 0.2) is 0 Å². The Kier molecular flexibility index (Phi) is 15.3. The van der Waals surface area contributed by atoms with Gasteiger partial charge in [-0.3, -0.25) is 0 Å². The van der Waals surface area contributed by atoms with Gasteiger partial charge in [-0.15, -0.1) is 0 Å². The quantitative estimate of drug-likeness (QED) is 0.0956. The summed E-state index contributed by atoms with van der Waals surface area (Å²) >= 11 is 0. The molecule has 0 amide bonds. The number of para-hydroxylation sites is 4. The number of rotatable bonds is 16. The maximum absolute atomic E-state index is 2.36. The lowest BCUT2D eigenvalue weighted by atomic mass is 9.79. The molecular formula is C90H64N4. The lowest BCUT2D eigenvalue weighted by Gasteiger charge is -2.29. The molecule has 0 saturated heterocycles. The number of fused-ring (bicyclic) bond motifs is 3. The van der Waals surface area contributed by atoms with Crippen molar-refractivity contribution in [1.82, 2.24) is 0 Å². The Morgan fingerprint density at radius 2 is 0.340 bits per heavy atom. The molecule has 4 nitrogen and oxygen atoms in total. The van der Waals surface area contributed by atoms with Crippen LogP contribution in [0.2, 0.25) is 0 Å². The predicted octanol–water partition coefficient (Wildman–Crippen LogP) is 25.7. The zero-order valence-corrected chi connectivity index (χ0v) is 51.7. The molecule has 0 saturated carbocycles. The minimum absolute atomic E-state index is 1.04. The Bertz CT molecular complexity index is 4920. The normalized spacial score (nSPS) is 11.2. The second-order valence-electron chi connectivity index (χ2n) is 23.6. The summed E-state index contributed by atoms with van der Waals surface area (Å²) in [5.74, 6) is 0. The topological polar surface area (TPSA) is 13.0 Å². The summed E-state index contributed by atoms with van der Waals surface area (Å²) in [5, 5.41) is 7.17. The average molecular weight is 1200 g/mol. The summed E-state index contributed by atoms with van der Waals surface area (Å²) in [5.41, 5.74) is 22.1. The van der Waals surface area contributed by atoms with Gasteiger partial charge >= 0.3 is 0 Å². The van der Waals surface area contributed by atoms with E-state index < -0.39 is 0 Å². The molecular weight excluding hydrogens is 1140 g/mol. The van der Waals surface area contributed by atoms with Crippen molar-refractivity contribution in [2.75, 3.05) is 19.6 Å². The van der Waals surface area contributed by atoms with Crippen molar-refractivity contribution in [2.45, 2.75) is 0 Å². The molecule has 16 aromatic rings. The summed E-state index contributed by atoms with van der Waals surface area (Å²) in [6.07, 6.45) is 0. The molecule has 0 fully saturated rings. The van der Waals surface area contributed by atoms with E-state index in [-0.39, 0.29) is 0 Å². The smallest absolute Gasteiger partial charge is 0.0540 e. The van der Waals surface area contributed by atoms with Crippen molar-refractivity contribution < 1.29 is 0 Å². The molecule has 0 aliphatic heterocycles. The molecule has 16 aromatic carbocycles. The van der Waals surface area contributed by atoms with Gasteiger partial charge in [0, 0.05) is 67.6 Å². The van der Waals surface area contributed by atoms with Crippen LogP contribution in [0.25, 0.3) is 76.8 Å². The molecule has 444 valence electrons. The number of hydrogen-bond acceptors (Lipinski definition) is 4. The van der Waals surface area contributed by atoms with Crippen molar-refractivity contribution in [3.63, 3.8) is 0 Å². The van der Waals surface area contributed by atoms with Crippen molar-refractivity contribution in [2.24, 2.45) is 0 Å². The van der Waals surface area contributed by atoms with Crippen LogP contribution in [0.3, 0.4) is 0 Å². The summed E-state index contributed by atoms with van der Waals surface area (Å²) in [4.78, 5) is 9.45. The minimum atomic E-state index is 1.04. The molecule has 0 bridgehead atoms. The molecule has 0 heterocycles. The Morgan fingerprint density at radius 3 is 0.660 bits per heavy atom. The fourth-order valence-corrected chi connectivity index (χ4v) is 13.7. The summed E-state index contributed by atoms with van der Waals surface area (Å²) in [7, 11) is 0.